The van der Waals surface area contributed by atoms with Gasteiger partial charge in [-0.1, -0.05) is 0 Å². The quantitative estimate of drug-likeness (QED) is 0.742. The van der Waals surface area contributed by atoms with Crippen LogP contribution < -0.4 is 10.2 Å². The summed E-state index contributed by atoms with van der Waals surface area (Å²) in [4.78, 5) is 4.13. The van der Waals surface area contributed by atoms with Crippen molar-refractivity contribution < 1.29 is 4.74 Å². The number of hydrazine groups is 1. The van der Waals surface area contributed by atoms with Gasteiger partial charge in [-0.3, -0.25) is 4.98 Å². The summed E-state index contributed by atoms with van der Waals surface area (Å²) in [6, 6.07) is 2.12. The van der Waals surface area contributed by atoms with Crippen LogP contribution in [0.5, 0.6) is 5.75 Å². The number of pyridine rings is 1. The van der Waals surface area contributed by atoms with Gasteiger partial charge in [0.25, 0.3) is 0 Å². The SMILES string of the molecule is COc1cncc(C2C=C(S)NN2C)c1. The molecule has 0 bridgehead atoms. The van der Waals surface area contributed by atoms with Crippen LogP contribution in [0.4, 0.5) is 0 Å². The summed E-state index contributed by atoms with van der Waals surface area (Å²) in [5, 5.41) is 2.82. The van der Waals surface area contributed by atoms with Crippen molar-refractivity contribution in [1.82, 2.24) is 15.4 Å². The van der Waals surface area contributed by atoms with E-state index in [0.29, 0.717) is 0 Å². The summed E-state index contributed by atoms with van der Waals surface area (Å²) < 4.78 is 5.14. The third-order valence-corrected chi connectivity index (χ3v) is 2.58. The number of rotatable bonds is 2. The van der Waals surface area contributed by atoms with Crippen LogP contribution in [0.1, 0.15) is 11.6 Å². The number of methoxy groups -OCH3 is 1. The summed E-state index contributed by atoms with van der Waals surface area (Å²) in [5.74, 6) is 0.766. The Hall–Kier alpha value is -1.20. The fourth-order valence-corrected chi connectivity index (χ4v) is 1.88. The van der Waals surface area contributed by atoms with Gasteiger partial charge in [0.05, 0.1) is 24.4 Å². The molecule has 2 rings (SSSR count). The molecule has 1 aromatic heterocycles. The monoisotopic (exact) mass is 223 g/mol. The highest BCUT2D eigenvalue weighted by Gasteiger charge is 2.21. The van der Waals surface area contributed by atoms with Crippen molar-refractivity contribution in [2.75, 3.05) is 14.2 Å². The molecule has 0 saturated carbocycles. The lowest BCUT2D eigenvalue weighted by Crippen LogP contribution is -2.29. The predicted molar refractivity (Wildman–Crippen MR) is 61.5 cm³/mol. The van der Waals surface area contributed by atoms with E-state index in [2.05, 4.69) is 23.0 Å². The minimum atomic E-state index is 0.153. The van der Waals surface area contributed by atoms with Crippen LogP contribution in [0.25, 0.3) is 0 Å². The third kappa shape index (κ3) is 2.08. The van der Waals surface area contributed by atoms with Crippen LogP contribution in [0.2, 0.25) is 0 Å². The topological polar surface area (TPSA) is 37.4 Å². The largest absolute Gasteiger partial charge is 0.495 e. The second-order valence-electron chi connectivity index (χ2n) is 3.38. The Labute approximate surface area is 94.3 Å². The van der Waals surface area contributed by atoms with Gasteiger partial charge in [-0.15, -0.1) is 12.6 Å². The van der Waals surface area contributed by atoms with Crippen LogP contribution in [-0.4, -0.2) is 24.2 Å². The fourth-order valence-electron chi connectivity index (χ4n) is 1.58. The molecule has 1 aliphatic heterocycles. The smallest absolute Gasteiger partial charge is 0.137 e. The lowest BCUT2D eigenvalue weighted by atomic mass is 10.1. The fraction of sp³-hybridized carbons (Fsp3) is 0.300. The van der Waals surface area contributed by atoms with E-state index in [1.807, 2.05) is 30.4 Å². The second kappa shape index (κ2) is 4.12. The molecule has 1 aliphatic rings. The second-order valence-corrected chi connectivity index (χ2v) is 3.86. The van der Waals surface area contributed by atoms with Crippen molar-refractivity contribution in [1.29, 1.82) is 0 Å². The van der Waals surface area contributed by atoms with Crippen molar-refractivity contribution in [3.8, 4) is 5.75 Å². The number of nitrogens with one attached hydrogen (secondary N) is 1. The van der Waals surface area contributed by atoms with E-state index in [4.69, 9.17) is 4.74 Å². The molecule has 1 unspecified atom stereocenters. The molecule has 0 saturated heterocycles. The number of thiol groups is 1. The maximum Gasteiger partial charge on any atom is 0.137 e. The molecule has 4 nitrogen and oxygen atoms in total. The first-order valence-electron chi connectivity index (χ1n) is 4.60. The molecular weight excluding hydrogens is 210 g/mol. The molecule has 1 aromatic rings. The maximum atomic E-state index is 5.14. The summed E-state index contributed by atoms with van der Waals surface area (Å²) in [6.45, 7) is 0. The third-order valence-electron chi connectivity index (χ3n) is 2.34. The summed E-state index contributed by atoms with van der Waals surface area (Å²) in [7, 11) is 3.60. The number of aromatic nitrogens is 1. The molecule has 5 heteroatoms. The summed E-state index contributed by atoms with van der Waals surface area (Å²) in [6.07, 6.45) is 5.55. The van der Waals surface area contributed by atoms with Gasteiger partial charge in [-0.2, -0.15) is 0 Å². The minimum absolute atomic E-state index is 0.153. The molecule has 0 aromatic carbocycles. The summed E-state index contributed by atoms with van der Waals surface area (Å²) in [5.41, 5.74) is 4.17. The van der Waals surface area contributed by atoms with E-state index in [1.165, 1.54) is 0 Å². The van der Waals surface area contributed by atoms with Crippen LogP contribution in [0, 0.1) is 0 Å². The van der Waals surface area contributed by atoms with Gasteiger partial charge in [0, 0.05) is 13.2 Å². The van der Waals surface area contributed by atoms with E-state index in [-0.39, 0.29) is 6.04 Å². The van der Waals surface area contributed by atoms with Gasteiger partial charge >= 0.3 is 0 Å². The van der Waals surface area contributed by atoms with E-state index in [0.717, 1.165) is 16.3 Å². The van der Waals surface area contributed by atoms with Crippen LogP contribution >= 0.6 is 12.6 Å². The average Bonchev–Trinajstić information content (AvgIpc) is 2.58. The van der Waals surface area contributed by atoms with Crippen molar-refractivity contribution in [2.24, 2.45) is 0 Å². The number of hydrogen-bond donors (Lipinski definition) is 2. The zero-order valence-electron chi connectivity index (χ0n) is 8.64. The number of likely N-dealkylation sites (N-methyl/N-ethyl adjacent to an activating group) is 1. The van der Waals surface area contributed by atoms with Gasteiger partial charge in [-0.25, -0.2) is 5.01 Å². The molecule has 0 fully saturated rings. The number of nitrogens with zero attached hydrogens (tertiary/aromatic N) is 2. The van der Waals surface area contributed by atoms with Gasteiger partial charge in [0.2, 0.25) is 0 Å². The van der Waals surface area contributed by atoms with Crippen molar-refractivity contribution >= 4 is 12.6 Å². The predicted octanol–water partition coefficient (Wildman–Crippen LogP) is 1.35. The van der Waals surface area contributed by atoms with Crippen molar-refractivity contribution in [3.63, 3.8) is 0 Å². The highest BCUT2D eigenvalue weighted by atomic mass is 32.1. The Morgan fingerprint density at radius 3 is 2.93 bits per heavy atom. The zero-order chi connectivity index (χ0) is 10.8. The van der Waals surface area contributed by atoms with E-state index in [9.17, 15) is 0 Å². The first kappa shape index (κ1) is 10.3. The number of ether oxygens (including phenoxy) is 1. The maximum absolute atomic E-state index is 5.14. The Balaban J connectivity index is 2.29. The van der Waals surface area contributed by atoms with Crippen LogP contribution in [-0.2, 0) is 0 Å². The van der Waals surface area contributed by atoms with Gasteiger partial charge in [0.15, 0.2) is 0 Å². The van der Waals surface area contributed by atoms with E-state index in [1.54, 1.807) is 13.3 Å². The molecular formula is C10H13N3OS. The van der Waals surface area contributed by atoms with Crippen LogP contribution in [0.3, 0.4) is 0 Å². The van der Waals surface area contributed by atoms with Crippen molar-refractivity contribution in [2.45, 2.75) is 6.04 Å². The van der Waals surface area contributed by atoms with Gasteiger partial charge in [-0.05, 0) is 17.7 Å². The standard InChI is InChI=1S/C10H13N3OS/c1-13-9(4-10(15)12-13)7-3-8(14-2)6-11-5-7/h3-6,9,12,15H,1-2H3. The molecule has 1 atom stereocenters. The molecule has 2 heterocycles. The Kier molecular flexibility index (Phi) is 2.83. The molecule has 80 valence electrons. The van der Waals surface area contributed by atoms with Crippen molar-refractivity contribution in [3.05, 3.63) is 35.1 Å². The minimum Gasteiger partial charge on any atom is -0.495 e. The first-order valence-corrected chi connectivity index (χ1v) is 5.04. The highest BCUT2D eigenvalue weighted by molar-refractivity contribution is 7.84. The molecule has 0 amide bonds. The van der Waals surface area contributed by atoms with Gasteiger partial charge in [0.1, 0.15) is 5.75 Å². The molecule has 0 spiro atoms. The van der Waals surface area contributed by atoms with Crippen LogP contribution in [0.15, 0.2) is 29.6 Å². The Bertz CT molecular complexity index is 394. The highest BCUT2D eigenvalue weighted by Crippen LogP contribution is 2.27. The van der Waals surface area contributed by atoms with Gasteiger partial charge < -0.3 is 10.2 Å². The molecule has 0 aliphatic carbocycles. The van der Waals surface area contributed by atoms with E-state index < -0.39 is 0 Å². The molecule has 0 radical (unpaired) electrons. The first-order chi connectivity index (χ1) is 7.20. The Morgan fingerprint density at radius 1 is 1.53 bits per heavy atom. The zero-order valence-corrected chi connectivity index (χ0v) is 9.53. The lowest BCUT2D eigenvalue weighted by molar-refractivity contribution is 0.254. The Morgan fingerprint density at radius 2 is 2.33 bits per heavy atom. The average molecular weight is 223 g/mol. The summed E-state index contributed by atoms with van der Waals surface area (Å²) >= 11 is 4.27. The normalized spacial score (nSPS) is 21.0. The molecule has 15 heavy (non-hydrogen) atoms. The van der Waals surface area contributed by atoms with E-state index >= 15 is 0 Å². The lowest BCUT2D eigenvalue weighted by Gasteiger charge is -2.19. The number of hydrogen-bond acceptors (Lipinski definition) is 5. The molecule has 1 N–H and O–H groups in total.